The first-order chi connectivity index (χ1) is 11.5. The molecule has 8 heteroatoms. The fraction of sp³-hybridized carbons (Fsp3) is 0.375. The smallest absolute Gasteiger partial charge is 0.342 e. The van der Waals surface area contributed by atoms with E-state index in [0.29, 0.717) is 5.69 Å². The summed E-state index contributed by atoms with van der Waals surface area (Å²) < 4.78 is 32.8. The van der Waals surface area contributed by atoms with Crippen molar-refractivity contribution in [3.63, 3.8) is 0 Å². The summed E-state index contributed by atoms with van der Waals surface area (Å²) in [4.78, 5) is 11.9. The lowest BCUT2D eigenvalue weighted by Crippen LogP contribution is -2.19. The van der Waals surface area contributed by atoms with Crippen molar-refractivity contribution in [1.29, 1.82) is 0 Å². The Bertz CT molecular complexity index is 858. The lowest BCUT2D eigenvalue weighted by atomic mass is 9.91. The first kappa shape index (κ1) is 16.5. The largest absolute Gasteiger partial charge is 0.462 e. The van der Waals surface area contributed by atoms with Gasteiger partial charge in [0.15, 0.2) is 5.03 Å². The fourth-order valence-electron chi connectivity index (χ4n) is 2.91. The number of sulfonamides is 1. The number of carbonyl (C=O) groups excluding carboxylic acids is 1. The van der Waals surface area contributed by atoms with Crippen LogP contribution in [0.5, 0.6) is 0 Å². The molecule has 0 saturated heterocycles. The Balaban J connectivity index is 1.94. The average molecular weight is 349 g/mol. The Morgan fingerprint density at radius 2 is 2.12 bits per heavy atom. The molecule has 1 aliphatic rings. The van der Waals surface area contributed by atoms with Gasteiger partial charge in [0.05, 0.1) is 18.5 Å². The van der Waals surface area contributed by atoms with Crippen LogP contribution in [0.25, 0.3) is 0 Å². The van der Waals surface area contributed by atoms with Gasteiger partial charge in [0.1, 0.15) is 5.56 Å². The monoisotopic (exact) mass is 349 g/mol. The van der Waals surface area contributed by atoms with Crippen LogP contribution in [0.1, 0.15) is 41.3 Å². The molecule has 24 heavy (non-hydrogen) atoms. The van der Waals surface area contributed by atoms with Gasteiger partial charge in [0.2, 0.25) is 0 Å². The van der Waals surface area contributed by atoms with Crippen LogP contribution in [0.3, 0.4) is 0 Å². The average Bonchev–Trinajstić information content (AvgIpc) is 3.06. The van der Waals surface area contributed by atoms with Crippen molar-refractivity contribution in [2.24, 2.45) is 0 Å². The van der Waals surface area contributed by atoms with Gasteiger partial charge in [-0.1, -0.05) is 12.1 Å². The van der Waals surface area contributed by atoms with Gasteiger partial charge in [-0.15, -0.1) is 0 Å². The molecule has 0 saturated carbocycles. The number of hydrogen-bond acceptors (Lipinski definition) is 5. The number of rotatable bonds is 5. The lowest BCUT2D eigenvalue weighted by molar-refractivity contribution is 0.0522. The molecule has 0 spiro atoms. The van der Waals surface area contributed by atoms with E-state index in [-0.39, 0.29) is 17.2 Å². The third-order valence-electron chi connectivity index (χ3n) is 4.01. The minimum atomic E-state index is -3.97. The molecule has 0 amide bonds. The maximum absolute atomic E-state index is 12.7. The number of anilines is 1. The molecule has 1 heterocycles. The Labute approximate surface area is 140 Å². The second-order valence-corrected chi connectivity index (χ2v) is 7.21. The van der Waals surface area contributed by atoms with Crippen molar-refractivity contribution in [3.8, 4) is 0 Å². The van der Waals surface area contributed by atoms with Crippen LogP contribution in [0.15, 0.2) is 29.4 Å². The number of carbonyl (C=O) groups is 1. The minimum Gasteiger partial charge on any atom is -0.462 e. The van der Waals surface area contributed by atoms with E-state index in [9.17, 15) is 13.2 Å². The predicted octanol–water partition coefficient (Wildman–Crippen LogP) is 2.27. The molecule has 1 aromatic carbocycles. The van der Waals surface area contributed by atoms with Crippen LogP contribution in [0, 0.1) is 0 Å². The first-order valence-electron chi connectivity index (χ1n) is 7.87. The van der Waals surface area contributed by atoms with E-state index in [1.54, 1.807) is 13.0 Å². The molecule has 1 aliphatic carbocycles. The van der Waals surface area contributed by atoms with E-state index in [4.69, 9.17) is 4.74 Å². The molecule has 0 fully saturated rings. The summed E-state index contributed by atoms with van der Waals surface area (Å²) >= 11 is 0. The molecular weight excluding hydrogens is 330 g/mol. The number of aromatic amines is 1. The maximum atomic E-state index is 12.7. The summed E-state index contributed by atoms with van der Waals surface area (Å²) in [6.07, 6.45) is 5.08. The summed E-state index contributed by atoms with van der Waals surface area (Å²) in [6, 6.07) is 5.59. The molecule has 0 unspecified atom stereocenters. The van der Waals surface area contributed by atoms with Gasteiger partial charge < -0.3 is 4.74 Å². The van der Waals surface area contributed by atoms with Crippen molar-refractivity contribution >= 4 is 21.7 Å². The number of hydrogen-bond donors (Lipinski definition) is 2. The van der Waals surface area contributed by atoms with E-state index in [0.717, 1.165) is 43.0 Å². The topological polar surface area (TPSA) is 101 Å². The van der Waals surface area contributed by atoms with E-state index >= 15 is 0 Å². The standard InChI is InChI=1S/C16H19N3O4S/c1-2-23-16(20)13-10-17-18-15(13)24(21,22)19-14-9-5-7-11-6-3-4-8-12(11)14/h5,7,9-10,19H,2-4,6,8H2,1H3,(H,17,18). The highest BCUT2D eigenvalue weighted by atomic mass is 32.2. The van der Waals surface area contributed by atoms with Crippen molar-refractivity contribution in [2.75, 3.05) is 11.3 Å². The quantitative estimate of drug-likeness (QED) is 0.806. The molecule has 3 rings (SSSR count). The Hall–Kier alpha value is -2.35. The summed E-state index contributed by atoms with van der Waals surface area (Å²) in [7, 11) is -3.97. The molecule has 7 nitrogen and oxygen atoms in total. The number of aromatic nitrogens is 2. The highest BCUT2D eigenvalue weighted by molar-refractivity contribution is 7.92. The number of aryl methyl sites for hydroxylation is 1. The van der Waals surface area contributed by atoms with E-state index in [2.05, 4.69) is 14.9 Å². The molecule has 2 aromatic rings. The van der Waals surface area contributed by atoms with Crippen LogP contribution in [0.4, 0.5) is 5.69 Å². The van der Waals surface area contributed by atoms with Gasteiger partial charge in [0, 0.05) is 0 Å². The Morgan fingerprint density at radius 1 is 1.33 bits per heavy atom. The fourth-order valence-corrected chi connectivity index (χ4v) is 4.09. The van der Waals surface area contributed by atoms with Crippen LogP contribution >= 0.6 is 0 Å². The number of nitrogens with one attached hydrogen (secondary N) is 2. The van der Waals surface area contributed by atoms with Crippen LogP contribution in [-0.4, -0.2) is 31.2 Å². The first-order valence-corrected chi connectivity index (χ1v) is 9.35. The third kappa shape index (κ3) is 3.14. The SMILES string of the molecule is CCOC(=O)c1cn[nH]c1S(=O)(=O)Nc1cccc2c1CCCC2. The number of fused-ring (bicyclic) bond motifs is 1. The van der Waals surface area contributed by atoms with Crippen LogP contribution in [0.2, 0.25) is 0 Å². The molecule has 128 valence electrons. The zero-order valence-electron chi connectivity index (χ0n) is 13.3. The third-order valence-corrected chi connectivity index (χ3v) is 5.35. The number of nitrogens with zero attached hydrogens (tertiary/aromatic N) is 1. The summed E-state index contributed by atoms with van der Waals surface area (Å²) in [6.45, 7) is 1.81. The van der Waals surface area contributed by atoms with Crippen molar-refractivity contribution in [2.45, 2.75) is 37.6 Å². The van der Waals surface area contributed by atoms with Gasteiger partial charge in [-0.2, -0.15) is 13.5 Å². The van der Waals surface area contributed by atoms with Gasteiger partial charge >= 0.3 is 5.97 Å². The number of ether oxygens (including phenoxy) is 1. The van der Waals surface area contributed by atoms with Crippen LogP contribution < -0.4 is 4.72 Å². The number of H-pyrrole nitrogens is 1. The molecule has 1 aromatic heterocycles. The molecule has 0 aliphatic heterocycles. The highest BCUT2D eigenvalue weighted by Gasteiger charge is 2.27. The van der Waals surface area contributed by atoms with Gasteiger partial charge in [-0.3, -0.25) is 9.82 Å². The van der Waals surface area contributed by atoms with Gasteiger partial charge in [-0.05, 0) is 49.8 Å². The zero-order valence-corrected chi connectivity index (χ0v) is 14.1. The van der Waals surface area contributed by atoms with Gasteiger partial charge in [0.25, 0.3) is 10.0 Å². The summed E-state index contributed by atoms with van der Waals surface area (Å²) in [5, 5.41) is 5.78. The van der Waals surface area contributed by atoms with Crippen molar-refractivity contribution < 1.29 is 17.9 Å². The predicted molar refractivity (Wildman–Crippen MR) is 88.4 cm³/mol. The molecule has 0 atom stereocenters. The van der Waals surface area contributed by atoms with Crippen molar-refractivity contribution in [1.82, 2.24) is 10.2 Å². The zero-order chi connectivity index (χ0) is 17.2. The van der Waals surface area contributed by atoms with Crippen molar-refractivity contribution in [3.05, 3.63) is 41.1 Å². The Kier molecular flexibility index (Phi) is 4.57. The molecular formula is C16H19N3O4S. The summed E-state index contributed by atoms with van der Waals surface area (Å²) in [5.74, 6) is -0.721. The van der Waals surface area contributed by atoms with E-state index in [1.807, 2.05) is 12.1 Å². The maximum Gasteiger partial charge on any atom is 0.342 e. The molecule has 2 N–H and O–H groups in total. The highest BCUT2D eigenvalue weighted by Crippen LogP contribution is 2.29. The Morgan fingerprint density at radius 3 is 2.92 bits per heavy atom. The van der Waals surface area contributed by atoms with E-state index < -0.39 is 16.0 Å². The normalized spacial score (nSPS) is 14.0. The van der Waals surface area contributed by atoms with Gasteiger partial charge in [-0.25, -0.2) is 4.79 Å². The second kappa shape index (κ2) is 6.64. The molecule has 0 radical (unpaired) electrons. The second-order valence-electron chi connectivity index (χ2n) is 5.59. The molecule has 0 bridgehead atoms. The summed E-state index contributed by atoms with van der Waals surface area (Å²) in [5.41, 5.74) is 2.63. The number of esters is 1. The number of benzene rings is 1. The van der Waals surface area contributed by atoms with E-state index in [1.165, 1.54) is 0 Å². The lowest BCUT2D eigenvalue weighted by Gasteiger charge is -2.20. The minimum absolute atomic E-state index is 0.103. The van der Waals surface area contributed by atoms with Crippen LogP contribution in [-0.2, 0) is 27.6 Å².